The number of carboxylic acid groups (broad SMARTS) is 1. The monoisotopic (exact) mass is 394 g/mol. The topological polar surface area (TPSA) is 70.5 Å². The summed E-state index contributed by atoms with van der Waals surface area (Å²) < 4.78 is 41.5. The summed E-state index contributed by atoms with van der Waals surface area (Å²) in [6, 6.07) is 7.79. The molecule has 3 aromatic rings. The zero-order valence-corrected chi connectivity index (χ0v) is 14.6. The first-order valence-electron chi connectivity index (χ1n) is 7.87. The van der Waals surface area contributed by atoms with Crippen molar-refractivity contribution in [3.63, 3.8) is 0 Å². The second-order valence-electron chi connectivity index (χ2n) is 5.64. The number of benzene rings is 2. The molecule has 0 unspecified atom stereocenters. The van der Waals surface area contributed by atoms with Crippen molar-refractivity contribution >= 4 is 39.1 Å². The molecule has 9 heteroatoms. The van der Waals surface area contributed by atoms with Crippen LogP contribution in [0, 0.1) is 17.5 Å². The zero-order valence-electron chi connectivity index (χ0n) is 13.8. The van der Waals surface area contributed by atoms with Crippen LogP contribution in [0.5, 0.6) is 0 Å². The Hall–Kier alpha value is -2.94. The Balaban J connectivity index is 1.96. The summed E-state index contributed by atoms with van der Waals surface area (Å²) in [5.74, 6) is -4.49. The van der Waals surface area contributed by atoms with Crippen molar-refractivity contribution in [2.24, 2.45) is 0 Å². The first-order chi connectivity index (χ1) is 12.9. The molecule has 0 atom stereocenters. The standard InChI is InChI=1S/C18H13F3N2O3S/c19-10-3-1-2-4-13(10)23(15(24)7-8-16(25)26)9-14-22-12-6-5-11(20)17(21)18(12)27-14/h1-6H,7-9H2,(H,25,26). The predicted octanol–water partition coefficient (Wildman–Crippen LogP) is 4.11. The average molecular weight is 394 g/mol. The molecule has 0 aliphatic heterocycles. The lowest BCUT2D eigenvalue weighted by atomic mass is 10.2. The van der Waals surface area contributed by atoms with E-state index in [1.807, 2.05) is 0 Å². The maximum Gasteiger partial charge on any atom is 0.303 e. The van der Waals surface area contributed by atoms with E-state index in [0.717, 1.165) is 22.3 Å². The molecular weight excluding hydrogens is 381 g/mol. The van der Waals surface area contributed by atoms with Gasteiger partial charge in [-0.2, -0.15) is 0 Å². The number of hydrogen-bond acceptors (Lipinski definition) is 4. The summed E-state index contributed by atoms with van der Waals surface area (Å²) in [5.41, 5.74) is 0.180. The van der Waals surface area contributed by atoms with E-state index in [1.54, 1.807) is 0 Å². The van der Waals surface area contributed by atoms with Gasteiger partial charge in [-0.1, -0.05) is 12.1 Å². The number of aromatic nitrogens is 1. The molecular formula is C18H13F3N2O3S. The van der Waals surface area contributed by atoms with Gasteiger partial charge in [-0.15, -0.1) is 11.3 Å². The van der Waals surface area contributed by atoms with E-state index in [9.17, 15) is 22.8 Å². The maximum absolute atomic E-state index is 14.2. The Bertz CT molecular complexity index is 1020. The molecule has 0 bridgehead atoms. The van der Waals surface area contributed by atoms with Gasteiger partial charge in [0, 0.05) is 6.42 Å². The lowest BCUT2D eigenvalue weighted by molar-refractivity contribution is -0.138. The highest BCUT2D eigenvalue weighted by Gasteiger charge is 2.22. The lowest BCUT2D eigenvalue weighted by Crippen LogP contribution is -2.31. The van der Waals surface area contributed by atoms with E-state index in [1.165, 1.54) is 30.3 Å². The van der Waals surface area contributed by atoms with Crippen molar-refractivity contribution in [3.8, 4) is 0 Å². The first kappa shape index (κ1) is 18.8. The lowest BCUT2D eigenvalue weighted by Gasteiger charge is -2.22. The molecule has 0 saturated carbocycles. The summed E-state index contributed by atoms with van der Waals surface area (Å²) in [4.78, 5) is 28.4. The van der Waals surface area contributed by atoms with Gasteiger partial charge >= 0.3 is 5.97 Å². The first-order valence-corrected chi connectivity index (χ1v) is 8.68. The van der Waals surface area contributed by atoms with Crippen molar-refractivity contribution in [3.05, 3.63) is 58.9 Å². The second kappa shape index (κ2) is 7.75. The molecule has 0 radical (unpaired) electrons. The van der Waals surface area contributed by atoms with E-state index in [-0.39, 0.29) is 33.9 Å². The molecule has 3 rings (SSSR count). The zero-order chi connectivity index (χ0) is 19.6. The molecule has 0 spiro atoms. The van der Waals surface area contributed by atoms with Crippen LogP contribution in [-0.2, 0) is 16.1 Å². The number of carboxylic acids is 1. The van der Waals surface area contributed by atoms with E-state index in [0.29, 0.717) is 0 Å². The van der Waals surface area contributed by atoms with Crippen LogP contribution < -0.4 is 4.90 Å². The Morgan fingerprint density at radius 3 is 2.48 bits per heavy atom. The number of halogens is 3. The van der Waals surface area contributed by atoms with Crippen LogP contribution in [0.4, 0.5) is 18.9 Å². The molecule has 2 aromatic carbocycles. The highest BCUT2D eigenvalue weighted by molar-refractivity contribution is 7.18. The van der Waals surface area contributed by atoms with Crippen LogP contribution in [-0.4, -0.2) is 22.0 Å². The number of thiazole rings is 1. The number of hydrogen-bond donors (Lipinski definition) is 1. The van der Waals surface area contributed by atoms with Crippen LogP contribution in [0.1, 0.15) is 17.8 Å². The van der Waals surface area contributed by atoms with Crippen LogP contribution >= 0.6 is 11.3 Å². The fourth-order valence-electron chi connectivity index (χ4n) is 2.51. The van der Waals surface area contributed by atoms with Crippen molar-refractivity contribution < 1.29 is 27.9 Å². The van der Waals surface area contributed by atoms with Gasteiger partial charge in [0.1, 0.15) is 10.8 Å². The van der Waals surface area contributed by atoms with E-state index in [2.05, 4.69) is 4.98 Å². The number of fused-ring (bicyclic) bond motifs is 1. The summed E-state index contributed by atoms with van der Waals surface area (Å²) in [5, 5.41) is 9.04. The van der Waals surface area contributed by atoms with Crippen LogP contribution in [0.2, 0.25) is 0 Å². The molecule has 1 amide bonds. The number of rotatable bonds is 6. The van der Waals surface area contributed by atoms with E-state index >= 15 is 0 Å². The molecule has 140 valence electrons. The molecule has 0 aliphatic carbocycles. The van der Waals surface area contributed by atoms with Gasteiger partial charge < -0.3 is 10.0 Å². The maximum atomic E-state index is 14.2. The molecule has 0 aliphatic rings. The average Bonchev–Trinajstić information content (AvgIpc) is 3.05. The number of anilines is 1. The molecule has 1 N–H and O–H groups in total. The Kier molecular flexibility index (Phi) is 5.41. The minimum atomic E-state index is -1.16. The van der Waals surface area contributed by atoms with Crippen molar-refractivity contribution in [2.75, 3.05) is 4.90 Å². The van der Waals surface area contributed by atoms with Crippen LogP contribution in [0.15, 0.2) is 36.4 Å². The number of nitrogens with zero attached hydrogens (tertiary/aromatic N) is 2. The fraction of sp³-hybridized carbons (Fsp3) is 0.167. The minimum Gasteiger partial charge on any atom is -0.481 e. The van der Waals surface area contributed by atoms with Gasteiger partial charge in [0.05, 0.1) is 28.9 Å². The molecule has 0 saturated heterocycles. The summed E-state index contributed by atoms with van der Waals surface area (Å²) in [6.45, 7) is -0.195. The Labute approximate surface area is 155 Å². The van der Waals surface area contributed by atoms with E-state index < -0.39 is 35.7 Å². The smallest absolute Gasteiger partial charge is 0.303 e. The summed E-state index contributed by atoms with van der Waals surface area (Å²) >= 11 is 0.850. The molecule has 5 nitrogen and oxygen atoms in total. The SMILES string of the molecule is O=C(O)CCC(=O)N(Cc1nc2ccc(F)c(F)c2s1)c1ccccc1F. The van der Waals surface area contributed by atoms with Gasteiger partial charge in [0.25, 0.3) is 0 Å². The summed E-state index contributed by atoms with van der Waals surface area (Å²) in [6.07, 6.45) is -0.749. The van der Waals surface area contributed by atoms with Gasteiger partial charge in [-0.25, -0.2) is 18.2 Å². The van der Waals surface area contributed by atoms with Crippen LogP contribution in [0.3, 0.4) is 0 Å². The Morgan fingerprint density at radius 2 is 1.78 bits per heavy atom. The number of carbonyl (C=O) groups is 2. The highest BCUT2D eigenvalue weighted by atomic mass is 32.1. The number of amides is 1. The van der Waals surface area contributed by atoms with Gasteiger partial charge in [0.15, 0.2) is 11.6 Å². The second-order valence-corrected chi connectivity index (χ2v) is 6.73. The third kappa shape index (κ3) is 4.08. The van der Waals surface area contributed by atoms with Crippen LogP contribution in [0.25, 0.3) is 10.2 Å². The quantitative estimate of drug-likeness (QED) is 0.683. The largest absolute Gasteiger partial charge is 0.481 e. The van der Waals surface area contributed by atoms with E-state index in [4.69, 9.17) is 5.11 Å². The van der Waals surface area contributed by atoms with Gasteiger partial charge in [-0.05, 0) is 24.3 Å². The number of aliphatic carboxylic acids is 1. The van der Waals surface area contributed by atoms with Gasteiger partial charge in [0.2, 0.25) is 5.91 Å². The summed E-state index contributed by atoms with van der Waals surface area (Å²) in [7, 11) is 0. The molecule has 1 heterocycles. The number of para-hydroxylation sites is 1. The fourth-order valence-corrected chi connectivity index (χ4v) is 3.49. The van der Waals surface area contributed by atoms with Crippen molar-refractivity contribution in [1.29, 1.82) is 0 Å². The normalized spacial score (nSPS) is 10.9. The van der Waals surface area contributed by atoms with Crippen molar-refractivity contribution in [1.82, 2.24) is 4.98 Å². The number of carbonyl (C=O) groups excluding carboxylic acids is 1. The Morgan fingerprint density at radius 1 is 1.04 bits per heavy atom. The molecule has 1 aromatic heterocycles. The highest BCUT2D eigenvalue weighted by Crippen LogP contribution is 2.29. The minimum absolute atomic E-state index is 0.00327. The predicted molar refractivity (Wildman–Crippen MR) is 94.0 cm³/mol. The third-order valence-electron chi connectivity index (χ3n) is 3.78. The molecule has 27 heavy (non-hydrogen) atoms. The van der Waals surface area contributed by atoms with Crippen molar-refractivity contribution in [2.45, 2.75) is 19.4 Å². The molecule has 0 fully saturated rings. The third-order valence-corrected chi connectivity index (χ3v) is 4.83. The van der Waals surface area contributed by atoms with Gasteiger partial charge in [-0.3, -0.25) is 9.59 Å².